The van der Waals surface area contributed by atoms with Crippen molar-refractivity contribution in [2.24, 2.45) is 4.99 Å². The second kappa shape index (κ2) is 5.99. The summed E-state index contributed by atoms with van der Waals surface area (Å²) in [5.41, 5.74) is 1.47. The Labute approximate surface area is 102 Å². The number of nitrogens with zero attached hydrogens (tertiary/aromatic N) is 2. The predicted molar refractivity (Wildman–Crippen MR) is 70.9 cm³/mol. The highest BCUT2D eigenvalue weighted by molar-refractivity contribution is 6.17. The van der Waals surface area contributed by atoms with E-state index in [1.165, 1.54) is 0 Å². The maximum absolute atomic E-state index is 11.7. The fourth-order valence-electron chi connectivity index (χ4n) is 1.54. The van der Waals surface area contributed by atoms with Crippen molar-refractivity contribution >= 4 is 11.7 Å². The van der Waals surface area contributed by atoms with Crippen LogP contribution < -0.4 is 0 Å². The average molecular weight is 230 g/mol. The molecule has 1 aliphatic heterocycles. The molecule has 1 heterocycles. The van der Waals surface area contributed by atoms with Crippen LogP contribution in [0.3, 0.4) is 0 Å². The van der Waals surface area contributed by atoms with E-state index in [0.29, 0.717) is 11.5 Å². The first kappa shape index (κ1) is 13.2. The Kier molecular flexibility index (Phi) is 4.64. The summed E-state index contributed by atoms with van der Waals surface area (Å²) in [6.07, 6.45) is 1.73. The van der Waals surface area contributed by atoms with Crippen LogP contribution in [0.2, 0.25) is 0 Å². The lowest BCUT2D eigenvalue weighted by atomic mass is 10.2. The molecule has 0 saturated heterocycles. The van der Waals surface area contributed by atoms with E-state index in [1.54, 1.807) is 18.0 Å². The molecule has 0 aromatic heterocycles. The molecule has 0 bridgehead atoms. The van der Waals surface area contributed by atoms with Crippen LogP contribution in [0.15, 0.2) is 47.1 Å². The molecule has 3 nitrogen and oxygen atoms in total. The van der Waals surface area contributed by atoms with Crippen molar-refractivity contribution in [2.45, 2.75) is 20.8 Å². The molecule has 0 fully saturated rings. The summed E-state index contributed by atoms with van der Waals surface area (Å²) >= 11 is 0. The Hall–Kier alpha value is -1.90. The summed E-state index contributed by atoms with van der Waals surface area (Å²) in [6.45, 7) is 5.82. The van der Waals surface area contributed by atoms with Crippen molar-refractivity contribution in [1.82, 2.24) is 4.90 Å². The number of carbonyl (C=O) groups excluding carboxylic acids is 1. The number of carbonyl (C=O) groups is 1. The van der Waals surface area contributed by atoms with Crippen molar-refractivity contribution in [3.8, 4) is 0 Å². The van der Waals surface area contributed by atoms with Gasteiger partial charge in [0.15, 0.2) is 0 Å². The van der Waals surface area contributed by atoms with Gasteiger partial charge in [0.2, 0.25) is 0 Å². The van der Waals surface area contributed by atoms with Crippen LogP contribution in [0.4, 0.5) is 0 Å². The van der Waals surface area contributed by atoms with Gasteiger partial charge in [-0.05, 0) is 6.92 Å². The smallest absolute Gasteiger partial charge is 0.277 e. The first-order valence-electron chi connectivity index (χ1n) is 5.82. The zero-order valence-electron chi connectivity index (χ0n) is 10.8. The van der Waals surface area contributed by atoms with Crippen molar-refractivity contribution in [2.75, 3.05) is 7.05 Å². The Morgan fingerprint density at radius 3 is 2.24 bits per heavy atom. The number of hydrogen-bond acceptors (Lipinski definition) is 2. The van der Waals surface area contributed by atoms with Crippen LogP contribution in [0.25, 0.3) is 0 Å². The zero-order chi connectivity index (χ0) is 12.8. The fourth-order valence-corrected chi connectivity index (χ4v) is 1.54. The third-order valence-electron chi connectivity index (χ3n) is 2.37. The second-order valence-corrected chi connectivity index (χ2v) is 3.34. The SMILES string of the molecule is C/C=C1\N=C(c2ccccc2)N(C)C1=O.CC. The number of amidine groups is 1. The molecule has 1 aromatic rings. The molecule has 0 atom stereocenters. The van der Waals surface area contributed by atoms with Gasteiger partial charge in [-0.15, -0.1) is 0 Å². The molecular weight excluding hydrogens is 212 g/mol. The van der Waals surface area contributed by atoms with Gasteiger partial charge in [-0.25, -0.2) is 4.99 Å². The number of likely N-dealkylation sites (N-methyl/N-ethyl adjacent to an activating group) is 1. The van der Waals surface area contributed by atoms with Crippen molar-refractivity contribution in [3.05, 3.63) is 47.7 Å². The lowest BCUT2D eigenvalue weighted by Gasteiger charge is -2.10. The molecular formula is C14H18N2O. The van der Waals surface area contributed by atoms with Crippen LogP contribution >= 0.6 is 0 Å². The second-order valence-electron chi connectivity index (χ2n) is 3.34. The molecule has 3 heteroatoms. The van der Waals surface area contributed by atoms with Gasteiger partial charge in [-0.1, -0.05) is 50.3 Å². The van der Waals surface area contributed by atoms with Gasteiger partial charge in [0, 0.05) is 12.6 Å². The molecule has 90 valence electrons. The monoisotopic (exact) mass is 230 g/mol. The molecule has 0 N–H and O–H groups in total. The zero-order valence-corrected chi connectivity index (χ0v) is 10.8. The van der Waals surface area contributed by atoms with Gasteiger partial charge in [0.25, 0.3) is 5.91 Å². The molecule has 17 heavy (non-hydrogen) atoms. The minimum Gasteiger partial charge on any atom is -0.294 e. The number of hydrogen-bond donors (Lipinski definition) is 0. The largest absolute Gasteiger partial charge is 0.294 e. The van der Waals surface area contributed by atoms with E-state index in [9.17, 15) is 4.79 Å². The van der Waals surface area contributed by atoms with Crippen LogP contribution in [-0.4, -0.2) is 23.7 Å². The highest BCUT2D eigenvalue weighted by Gasteiger charge is 2.26. The number of benzene rings is 1. The molecule has 1 aliphatic rings. The van der Waals surface area contributed by atoms with Gasteiger partial charge >= 0.3 is 0 Å². The normalized spacial score (nSPS) is 16.7. The highest BCUT2D eigenvalue weighted by Crippen LogP contribution is 2.17. The van der Waals surface area contributed by atoms with Gasteiger partial charge < -0.3 is 0 Å². The number of amides is 1. The maximum atomic E-state index is 11.7. The Morgan fingerprint density at radius 1 is 1.18 bits per heavy atom. The quantitative estimate of drug-likeness (QED) is 0.683. The van der Waals surface area contributed by atoms with Gasteiger partial charge in [-0.3, -0.25) is 9.69 Å². The predicted octanol–water partition coefficient (Wildman–Crippen LogP) is 2.84. The minimum absolute atomic E-state index is 0.0450. The van der Waals surface area contributed by atoms with E-state index in [1.807, 2.05) is 51.1 Å². The number of allylic oxidation sites excluding steroid dienone is 1. The Morgan fingerprint density at radius 2 is 1.76 bits per heavy atom. The molecule has 0 aliphatic carbocycles. The molecule has 0 spiro atoms. The highest BCUT2D eigenvalue weighted by atomic mass is 16.2. The first-order chi connectivity index (χ1) is 8.24. The summed E-state index contributed by atoms with van der Waals surface area (Å²) in [7, 11) is 1.74. The summed E-state index contributed by atoms with van der Waals surface area (Å²) in [5.74, 6) is 0.671. The number of aliphatic imine (C=N–C) groups is 1. The first-order valence-corrected chi connectivity index (χ1v) is 5.82. The summed E-state index contributed by atoms with van der Waals surface area (Å²) in [5, 5.41) is 0. The van der Waals surface area contributed by atoms with E-state index < -0.39 is 0 Å². The standard InChI is InChI=1S/C12H12N2O.C2H6/c1-3-10-12(15)14(2)11(13-10)9-7-5-4-6-8-9;1-2/h3-8H,1-2H3;1-2H3/b10-3-;. The van der Waals surface area contributed by atoms with Crippen LogP contribution in [-0.2, 0) is 4.79 Å². The minimum atomic E-state index is -0.0450. The molecule has 2 rings (SSSR count). The van der Waals surface area contributed by atoms with E-state index in [4.69, 9.17) is 0 Å². The van der Waals surface area contributed by atoms with E-state index >= 15 is 0 Å². The third kappa shape index (κ3) is 2.61. The summed E-state index contributed by atoms with van der Waals surface area (Å²) in [4.78, 5) is 17.5. The fraction of sp³-hybridized carbons (Fsp3) is 0.286. The lowest BCUT2D eigenvalue weighted by Crippen LogP contribution is -2.28. The van der Waals surface area contributed by atoms with Crippen molar-refractivity contribution < 1.29 is 4.79 Å². The van der Waals surface area contributed by atoms with Crippen molar-refractivity contribution in [3.63, 3.8) is 0 Å². The van der Waals surface area contributed by atoms with Gasteiger partial charge in [-0.2, -0.15) is 0 Å². The summed E-state index contributed by atoms with van der Waals surface area (Å²) < 4.78 is 0. The average Bonchev–Trinajstić information content (AvgIpc) is 2.69. The number of rotatable bonds is 1. The van der Waals surface area contributed by atoms with Crippen LogP contribution in [0.1, 0.15) is 26.3 Å². The van der Waals surface area contributed by atoms with E-state index in [2.05, 4.69) is 4.99 Å². The van der Waals surface area contributed by atoms with Crippen LogP contribution in [0, 0.1) is 0 Å². The Bertz CT molecular complexity index is 447. The topological polar surface area (TPSA) is 32.7 Å². The lowest BCUT2D eigenvalue weighted by molar-refractivity contribution is -0.121. The third-order valence-corrected chi connectivity index (χ3v) is 2.37. The molecule has 0 unspecified atom stereocenters. The summed E-state index contributed by atoms with van der Waals surface area (Å²) in [6, 6.07) is 9.70. The van der Waals surface area contributed by atoms with Gasteiger partial charge in [0.05, 0.1) is 0 Å². The maximum Gasteiger partial charge on any atom is 0.277 e. The van der Waals surface area contributed by atoms with Crippen LogP contribution in [0.5, 0.6) is 0 Å². The van der Waals surface area contributed by atoms with Gasteiger partial charge in [0.1, 0.15) is 11.5 Å². The molecule has 0 radical (unpaired) electrons. The van der Waals surface area contributed by atoms with E-state index in [0.717, 1.165) is 5.56 Å². The van der Waals surface area contributed by atoms with E-state index in [-0.39, 0.29) is 5.91 Å². The molecule has 0 saturated carbocycles. The molecule has 1 aromatic carbocycles. The Balaban J connectivity index is 0.000000686. The van der Waals surface area contributed by atoms with Crippen molar-refractivity contribution in [1.29, 1.82) is 0 Å². The molecule has 1 amide bonds.